The molecule has 0 aromatic heterocycles. The van der Waals surface area contributed by atoms with Crippen LogP contribution in [0.4, 0.5) is 5.69 Å². The first kappa shape index (κ1) is 10.3. The van der Waals surface area contributed by atoms with Crippen LogP contribution in [0.3, 0.4) is 0 Å². The van der Waals surface area contributed by atoms with Gasteiger partial charge in [-0.2, -0.15) is 0 Å². The zero-order valence-corrected chi connectivity index (χ0v) is 10.5. The number of hydrogen-bond acceptors (Lipinski definition) is 1. The van der Waals surface area contributed by atoms with Gasteiger partial charge in [0.25, 0.3) is 0 Å². The summed E-state index contributed by atoms with van der Waals surface area (Å²) in [5, 5.41) is 3.60. The summed E-state index contributed by atoms with van der Waals surface area (Å²) >= 11 is 2.34. The Morgan fingerprint density at radius 3 is 2.29 bits per heavy atom. The van der Waals surface area contributed by atoms with Crippen LogP contribution in [0.2, 0.25) is 0 Å². The van der Waals surface area contributed by atoms with Crippen molar-refractivity contribution in [2.24, 2.45) is 0 Å². The third-order valence-electron chi connectivity index (χ3n) is 2.82. The molecule has 2 rings (SSSR count). The zero-order valence-electron chi connectivity index (χ0n) is 8.30. The second kappa shape index (κ2) is 5.01. The Bertz CT molecular complexity index is 275. The van der Waals surface area contributed by atoms with Crippen molar-refractivity contribution < 1.29 is 0 Å². The average molecular weight is 301 g/mol. The number of hydrogen-bond donors (Lipinski definition) is 1. The average Bonchev–Trinajstić information content (AvgIpc) is 2.23. The Morgan fingerprint density at radius 2 is 1.64 bits per heavy atom. The highest BCUT2D eigenvalue weighted by Gasteiger charge is 2.12. The lowest BCUT2D eigenvalue weighted by Gasteiger charge is -2.23. The topological polar surface area (TPSA) is 12.0 Å². The molecule has 1 saturated carbocycles. The van der Waals surface area contributed by atoms with E-state index in [1.807, 2.05) is 0 Å². The van der Waals surface area contributed by atoms with E-state index < -0.39 is 0 Å². The molecule has 1 nitrogen and oxygen atoms in total. The molecule has 1 N–H and O–H groups in total. The van der Waals surface area contributed by atoms with Crippen molar-refractivity contribution in [1.82, 2.24) is 0 Å². The van der Waals surface area contributed by atoms with E-state index in [0.29, 0.717) is 6.04 Å². The smallest absolute Gasteiger partial charge is 0.0343 e. The van der Waals surface area contributed by atoms with Crippen molar-refractivity contribution in [3.8, 4) is 0 Å². The highest BCUT2D eigenvalue weighted by atomic mass is 127. The predicted molar refractivity (Wildman–Crippen MR) is 69.7 cm³/mol. The standard InChI is InChI=1S/C12H16IN/c13-10-6-8-12(9-7-10)14-11-4-2-1-3-5-11/h6-9,11,14H,1-5H2. The number of benzene rings is 1. The fourth-order valence-corrected chi connectivity index (χ4v) is 2.39. The summed E-state index contributed by atoms with van der Waals surface area (Å²) < 4.78 is 1.30. The summed E-state index contributed by atoms with van der Waals surface area (Å²) in [6.07, 6.45) is 6.88. The first-order valence-electron chi connectivity index (χ1n) is 5.37. The fraction of sp³-hybridized carbons (Fsp3) is 0.500. The summed E-state index contributed by atoms with van der Waals surface area (Å²) in [6, 6.07) is 9.38. The molecule has 14 heavy (non-hydrogen) atoms. The molecule has 1 fully saturated rings. The van der Waals surface area contributed by atoms with Crippen LogP contribution in [-0.4, -0.2) is 6.04 Å². The monoisotopic (exact) mass is 301 g/mol. The maximum atomic E-state index is 3.60. The number of nitrogens with one attached hydrogen (secondary N) is 1. The SMILES string of the molecule is Ic1ccc(NC2CCCCC2)cc1. The molecule has 0 amide bonds. The molecule has 0 bridgehead atoms. The highest BCUT2D eigenvalue weighted by Crippen LogP contribution is 2.21. The van der Waals surface area contributed by atoms with Crippen molar-refractivity contribution in [3.05, 3.63) is 27.8 Å². The molecule has 0 unspecified atom stereocenters. The summed E-state index contributed by atoms with van der Waals surface area (Å²) in [7, 11) is 0. The second-order valence-corrected chi connectivity index (χ2v) is 5.23. The van der Waals surface area contributed by atoms with Gasteiger partial charge in [0.15, 0.2) is 0 Å². The Morgan fingerprint density at radius 1 is 1.00 bits per heavy atom. The fourth-order valence-electron chi connectivity index (χ4n) is 2.03. The third-order valence-corrected chi connectivity index (χ3v) is 3.54. The van der Waals surface area contributed by atoms with Crippen LogP contribution >= 0.6 is 22.6 Å². The first-order chi connectivity index (χ1) is 6.84. The van der Waals surface area contributed by atoms with E-state index in [9.17, 15) is 0 Å². The van der Waals surface area contributed by atoms with E-state index >= 15 is 0 Å². The molecule has 1 aliphatic rings. The van der Waals surface area contributed by atoms with Gasteiger partial charge in [-0.3, -0.25) is 0 Å². The summed E-state index contributed by atoms with van der Waals surface area (Å²) in [5.41, 5.74) is 1.28. The minimum atomic E-state index is 0.712. The lowest BCUT2D eigenvalue weighted by molar-refractivity contribution is 0.463. The van der Waals surface area contributed by atoms with Gasteiger partial charge in [0.1, 0.15) is 0 Å². The van der Waals surface area contributed by atoms with E-state index in [-0.39, 0.29) is 0 Å². The largest absolute Gasteiger partial charge is 0.382 e. The van der Waals surface area contributed by atoms with Crippen molar-refractivity contribution in [3.63, 3.8) is 0 Å². The van der Waals surface area contributed by atoms with E-state index in [1.165, 1.54) is 41.4 Å². The van der Waals surface area contributed by atoms with Crippen LogP contribution in [0.5, 0.6) is 0 Å². The molecule has 76 valence electrons. The van der Waals surface area contributed by atoms with E-state index in [0.717, 1.165) is 0 Å². The van der Waals surface area contributed by atoms with Gasteiger partial charge in [-0.15, -0.1) is 0 Å². The minimum Gasteiger partial charge on any atom is -0.382 e. The van der Waals surface area contributed by atoms with Crippen LogP contribution in [-0.2, 0) is 0 Å². The maximum absolute atomic E-state index is 3.60. The molecule has 0 radical (unpaired) electrons. The van der Waals surface area contributed by atoms with Gasteiger partial charge in [0.05, 0.1) is 0 Å². The van der Waals surface area contributed by atoms with Crippen molar-refractivity contribution in [2.75, 3.05) is 5.32 Å². The third kappa shape index (κ3) is 2.87. The van der Waals surface area contributed by atoms with Crippen LogP contribution < -0.4 is 5.32 Å². The molecule has 0 aliphatic heterocycles. The van der Waals surface area contributed by atoms with Gasteiger partial charge >= 0.3 is 0 Å². The van der Waals surface area contributed by atoms with Gasteiger partial charge in [0.2, 0.25) is 0 Å². The van der Waals surface area contributed by atoms with Gasteiger partial charge < -0.3 is 5.32 Å². The van der Waals surface area contributed by atoms with E-state index in [2.05, 4.69) is 52.2 Å². The van der Waals surface area contributed by atoms with Crippen LogP contribution in [0.1, 0.15) is 32.1 Å². The van der Waals surface area contributed by atoms with E-state index in [4.69, 9.17) is 0 Å². The van der Waals surface area contributed by atoms with Crippen molar-refractivity contribution >= 4 is 28.3 Å². The summed E-state index contributed by atoms with van der Waals surface area (Å²) in [6.45, 7) is 0. The molecular formula is C12H16IN. The lowest BCUT2D eigenvalue weighted by Crippen LogP contribution is -2.22. The summed E-state index contributed by atoms with van der Waals surface area (Å²) in [4.78, 5) is 0. The number of rotatable bonds is 2. The number of anilines is 1. The molecule has 0 atom stereocenters. The predicted octanol–water partition coefficient (Wildman–Crippen LogP) is 4.04. The molecule has 1 aliphatic carbocycles. The quantitative estimate of drug-likeness (QED) is 0.813. The van der Waals surface area contributed by atoms with Crippen molar-refractivity contribution in [2.45, 2.75) is 38.1 Å². The normalized spacial score (nSPS) is 18.1. The molecular weight excluding hydrogens is 285 g/mol. The molecule has 1 aromatic carbocycles. The minimum absolute atomic E-state index is 0.712. The Labute approximate surface area is 99.4 Å². The highest BCUT2D eigenvalue weighted by molar-refractivity contribution is 14.1. The number of halogens is 1. The molecule has 1 aromatic rings. The lowest BCUT2D eigenvalue weighted by atomic mass is 9.95. The first-order valence-corrected chi connectivity index (χ1v) is 6.44. The van der Waals surface area contributed by atoms with Crippen LogP contribution in [0.15, 0.2) is 24.3 Å². The van der Waals surface area contributed by atoms with Gasteiger partial charge in [0, 0.05) is 15.3 Å². The molecule has 0 spiro atoms. The van der Waals surface area contributed by atoms with E-state index in [1.54, 1.807) is 0 Å². The maximum Gasteiger partial charge on any atom is 0.0343 e. The van der Waals surface area contributed by atoms with Crippen LogP contribution in [0.25, 0.3) is 0 Å². The second-order valence-electron chi connectivity index (χ2n) is 3.99. The molecule has 0 heterocycles. The van der Waals surface area contributed by atoms with Gasteiger partial charge in [-0.1, -0.05) is 19.3 Å². The molecule has 0 saturated heterocycles. The molecule has 2 heteroatoms. The Balaban J connectivity index is 1.92. The van der Waals surface area contributed by atoms with Crippen molar-refractivity contribution in [1.29, 1.82) is 0 Å². The Kier molecular flexibility index (Phi) is 3.67. The summed E-state index contributed by atoms with van der Waals surface area (Å²) in [5.74, 6) is 0. The zero-order chi connectivity index (χ0) is 9.80. The van der Waals surface area contributed by atoms with Gasteiger partial charge in [-0.05, 0) is 59.7 Å². The Hall–Kier alpha value is -0.250. The van der Waals surface area contributed by atoms with Crippen LogP contribution in [0, 0.1) is 3.57 Å². The van der Waals surface area contributed by atoms with Gasteiger partial charge in [-0.25, -0.2) is 0 Å².